The van der Waals surface area contributed by atoms with E-state index in [9.17, 15) is 14.0 Å². The Morgan fingerprint density at radius 3 is 2.95 bits per heavy atom. The van der Waals surface area contributed by atoms with Gasteiger partial charge in [0, 0.05) is 31.7 Å². The van der Waals surface area contributed by atoms with E-state index in [1.165, 1.54) is 30.8 Å². The SMILES string of the molecule is CCCNc1ccc(F)cc1N1CC(SC(C)=O)CC1=O. The van der Waals surface area contributed by atoms with E-state index >= 15 is 0 Å². The van der Waals surface area contributed by atoms with Crippen molar-refractivity contribution in [3.8, 4) is 0 Å². The zero-order valence-corrected chi connectivity index (χ0v) is 13.0. The minimum atomic E-state index is -0.373. The van der Waals surface area contributed by atoms with Crippen LogP contribution in [0.3, 0.4) is 0 Å². The molecule has 1 heterocycles. The third-order valence-corrected chi connectivity index (χ3v) is 4.22. The van der Waals surface area contributed by atoms with Crippen molar-refractivity contribution >= 4 is 34.2 Å². The predicted molar refractivity (Wildman–Crippen MR) is 84.2 cm³/mol. The lowest BCUT2D eigenvalue weighted by atomic mass is 10.2. The summed E-state index contributed by atoms with van der Waals surface area (Å²) in [5.74, 6) is -0.443. The maximum absolute atomic E-state index is 13.5. The summed E-state index contributed by atoms with van der Waals surface area (Å²) >= 11 is 1.18. The number of anilines is 2. The number of hydrogen-bond donors (Lipinski definition) is 1. The van der Waals surface area contributed by atoms with Crippen molar-refractivity contribution in [3.05, 3.63) is 24.0 Å². The first-order valence-electron chi connectivity index (χ1n) is 7.02. The maximum atomic E-state index is 13.5. The van der Waals surface area contributed by atoms with E-state index < -0.39 is 0 Å². The molecule has 1 amide bonds. The van der Waals surface area contributed by atoms with E-state index in [1.54, 1.807) is 11.0 Å². The molecule has 0 saturated carbocycles. The van der Waals surface area contributed by atoms with Gasteiger partial charge in [-0.15, -0.1) is 0 Å². The van der Waals surface area contributed by atoms with E-state index in [-0.39, 0.29) is 22.1 Å². The van der Waals surface area contributed by atoms with Crippen molar-refractivity contribution in [3.63, 3.8) is 0 Å². The molecule has 1 saturated heterocycles. The van der Waals surface area contributed by atoms with Crippen molar-refractivity contribution in [2.75, 3.05) is 23.3 Å². The zero-order chi connectivity index (χ0) is 15.4. The Labute approximate surface area is 128 Å². The molecule has 1 N–H and O–H groups in total. The lowest BCUT2D eigenvalue weighted by Gasteiger charge is -2.21. The molecule has 114 valence electrons. The van der Waals surface area contributed by atoms with E-state index in [0.717, 1.165) is 18.7 Å². The first kappa shape index (κ1) is 15.8. The fourth-order valence-electron chi connectivity index (χ4n) is 2.36. The first-order chi connectivity index (χ1) is 10.0. The molecular formula is C15H19FN2O2S. The molecule has 0 aliphatic carbocycles. The van der Waals surface area contributed by atoms with Crippen LogP contribution in [0, 0.1) is 5.82 Å². The highest BCUT2D eigenvalue weighted by molar-refractivity contribution is 8.14. The van der Waals surface area contributed by atoms with Gasteiger partial charge in [0.1, 0.15) is 5.82 Å². The Balaban J connectivity index is 2.22. The van der Waals surface area contributed by atoms with Gasteiger partial charge in [0.2, 0.25) is 5.91 Å². The second kappa shape index (κ2) is 6.93. The monoisotopic (exact) mass is 310 g/mol. The lowest BCUT2D eigenvalue weighted by Crippen LogP contribution is -2.26. The molecule has 0 aromatic heterocycles. The smallest absolute Gasteiger partial charge is 0.228 e. The highest BCUT2D eigenvalue weighted by Gasteiger charge is 2.33. The van der Waals surface area contributed by atoms with Crippen LogP contribution in [0.1, 0.15) is 26.7 Å². The summed E-state index contributed by atoms with van der Waals surface area (Å²) in [5, 5.41) is 3.15. The van der Waals surface area contributed by atoms with Crippen LogP contribution in [0.5, 0.6) is 0 Å². The summed E-state index contributed by atoms with van der Waals surface area (Å²) < 4.78 is 13.5. The van der Waals surface area contributed by atoms with Crippen molar-refractivity contribution in [2.24, 2.45) is 0 Å². The third-order valence-electron chi connectivity index (χ3n) is 3.24. The minimum absolute atomic E-state index is 0.00164. The predicted octanol–water partition coefficient (Wildman–Crippen LogP) is 3.03. The number of thioether (sulfide) groups is 1. The van der Waals surface area contributed by atoms with Gasteiger partial charge in [0.15, 0.2) is 5.12 Å². The maximum Gasteiger partial charge on any atom is 0.228 e. The average Bonchev–Trinajstić information content (AvgIpc) is 2.77. The van der Waals surface area contributed by atoms with E-state index in [2.05, 4.69) is 5.32 Å². The third kappa shape index (κ3) is 3.97. The fourth-order valence-corrected chi connectivity index (χ4v) is 3.28. The van der Waals surface area contributed by atoms with Crippen LogP contribution in [0.15, 0.2) is 18.2 Å². The summed E-state index contributed by atoms with van der Waals surface area (Å²) in [6.45, 7) is 4.73. The summed E-state index contributed by atoms with van der Waals surface area (Å²) in [5.41, 5.74) is 1.31. The topological polar surface area (TPSA) is 49.4 Å². The minimum Gasteiger partial charge on any atom is -0.383 e. The van der Waals surface area contributed by atoms with Crippen molar-refractivity contribution < 1.29 is 14.0 Å². The lowest BCUT2D eigenvalue weighted by molar-refractivity contribution is -0.117. The highest BCUT2D eigenvalue weighted by atomic mass is 32.2. The number of nitrogens with one attached hydrogen (secondary N) is 1. The Hall–Kier alpha value is -1.56. The van der Waals surface area contributed by atoms with Gasteiger partial charge >= 0.3 is 0 Å². The molecule has 1 aliphatic heterocycles. The molecule has 4 nitrogen and oxygen atoms in total. The van der Waals surface area contributed by atoms with Crippen LogP contribution in [0.25, 0.3) is 0 Å². The van der Waals surface area contributed by atoms with Crippen LogP contribution in [-0.2, 0) is 9.59 Å². The quantitative estimate of drug-likeness (QED) is 0.908. The van der Waals surface area contributed by atoms with Crippen molar-refractivity contribution in [1.29, 1.82) is 0 Å². The van der Waals surface area contributed by atoms with Gasteiger partial charge in [0.25, 0.3) is 0 Å². The largest absolute Gasteiger partial charge is 0.383 e. The molecule has 1 atom stereocenters. The standard InChI is InChI=1S/C15H19FN2O2S/c1-3-6-17-13-5-4-11(16)7-14(13)18-9-12(8-15(18)20)21-10(2)19/h4-5,7,12,17H,3,6,8-9H2,1-2H3. The Bertz CT molecular complexity index is 550. The second-order valence-electron chi connectivity index (χ2n) is 5.03. The molecular weight excluding hydrogens is 291 g/mol. The highest BCUT2D eigenvalue weighted by Crippen LogP contribution is 2.33. The van der Waals surface area contributed by atoms with Crippen LogP contribution in [0.4, 0.5) is 15.8 Å². The van der Waals surface area contributed by atoms with Gasteiger partial charge in [0.05, 0.1) is 11.4 Å². The van der Waals surface area contributed by atoms with Crippen LogP contribution in [-0.4, -0.2) is 29.4 Å². The summed E-state index contributed by atoms with van der Waals surface area (Å²) in [4.78, 5) is 24.9. The van der Waals surface area contributed by atoms with Gasteiger partial charge in [-0.25, -0.2) is 4.39 Å². The molecule has 0 radical (unpaired) electrons. The van der Waals surface area contributed by atoms with Gasteiger partial charge in [-0.2, -0.15) is 0 Å². The molecule has 0 bridgehead atoms. The number of halogens is 1. The molecule has 0 spiro atoms. The van der Waals surface area contributed by atoms with Gasteiger partial charge in [-0.1, -0.05) is 18.7 Å². The van der Waals surface area contributed by atoms with Gasteiger partial charge in [-0.3, -0.25) is 9.59 Å². The van der Waals surface area contributed by atoms with E-state index in [1.807, 2.05) is 6.92 Å². The Morgan fingerprint density at radius 1 is 1.52 bits per heavy atom. The number of hydrogen-bond acceptors (Lipinski definition) is 4. The summed E-state index contributed by atoms with van der Waals surface area (Å²) in [7, 11) is 0. The number of amides is 1. The van der Waals surface area contributed by atoms with Crippen LogP contribution >= 0.6 is 11.8 Å². The van der Waals surface area contributed by atoms with E-state index in [4.69, 9.17) is 0 Å². The van der Waals surface area contributed by atoms with Crippen LogP contribution < -0.4 is 10.2 Å². The molecule has 1 aromatic rings. The molecule has 1 aromatic carbocycles. The van der Waals surface area contributed by atoms with E-state index in [0.29, 0.717) is 18.7 Å². The molecule has 6 heteroatoms. The normalized spacial score (nSPS) is 18.1. The summed E-state index contributed by atoms with van der Waals surface area (Å²) in [6.07, 6.45) is 1.25. The summed E-state index contributed by atoms with van der Waals surface area (Å²) in [6, 6.07) is 4.40. The number of benzene rings is 1. The fraction of sp³-hybridized carbons (Fsp3) is 0.467. The second-order valence-corrected chi connectivity index (χ2v) is 6.51. The van der Waals surface area contributed by atoms with Gasteiger partial charge in [-0.05, 0) is 24.6 Å². The number of carbonyl (C=O) groups is 2. The van der Waals surface area contributed by atoms with Crippen molar-refractivity contribution in [1.82, 2.24) is 0 Å². The van der Waals surface area contributed by atoms with Gasteiger partial charge < -0.3 is 10.2 Å². The number of rotatable bonds is 5. The van der Waals surface area contributed by atoms with Crippen LogP contribution in [0.2, 0.25) is 0 Å². The van der Waals surface area contributed by atoms with Crippen molar-refractivity contribution in [2.45, 2.75) is 31.9 Å². The number of carbonyl (C=O) groups excluding carboxylic acids is 2. The first-order valence-corrected chi connectivity index (χ1v) is 7.90. The molecule has 1 fully saturated rings. The molecule has 1 unspecified atom stereocenters. The number of nitrogens with zero attached hydrogens (tertiary/aromatic N) is 1. The molecule has 1 aliphatic rings. The molecule has 2 rings (SSSR count). The Kier molecular flexibility index (Phi) is 5.22. The Morgan fingerprint density at radius 2 is 2.29 bits per heavy atom. The molecule has 21 heavy (non-hydrogen) atoms. The zero-order valence-electron chi connectivity index (χ0n) is 12.2. The average molecular weight is 310 g/mol.